The van der Waals surface area contributed by atoms with E-state index in [2.05, 4.69) is 111 Å². The topological polar surface area (TPSA) is 25.8 Å². The monoisotopic (exact) mass is 422 g/mol. The molecule has 3 heterocycles. The molecule has 0 radical (unpaired) electrons. The lowest BCUT2D eigenvalue weighted by atomic mass is 10.1. The Morgan fingerprint density at radius 2 is 0.900 bits per heavy atom. The third-order valence-electron chi connectivity index (χ3n) is 6.54. The van der Waals surface area contributed by atoms with Crippen molar-refractivity contribution < 1.29 is 0 Å². The van der Waals surface area contributed by atoms with Crippen LogP contribution in [0.15, 0.2) is 84.9 Å². The fraction of sp³-hybridized carbons (Fsp3) is 0.154. The van der Waals surface area contributed by atoms with E-state index < -0.39 is 16.1 Å². The van der Waals surface area contributed by atoms with Gasteiger partial charge in [-0.3, -0.25) is 9.97 Å². The summed E-state index contributed by atoms with van der Waals surface area (Å²) in [6.45, 7) is 9.56. The summed E-state index contributed by atoms with van der Waals surface area (Å²) >= 11 is 0. The third kappa shape index (κ3) is 3.07. The van der Waals surface area contributed by atoms with Gasteiger partial charge in [-0.25, -0.2) is 0 Å². The highest BCUT2D eigenvalue weighted by Crippen LogP contribution is 2.20. The number of hydrogen-bond donors (Lipinski definition) is 0. The number of fused-ring (bicyclic) bond motifs is 10. The number of nitrogens with zero attached hydrogens (tertiary/aromatic N) is 2. The quantitative estimate of drug-likeness (QED) is 0.403. The van der Waals surface area contributed by atoms with Gasteiger partial charge in [-0.1, -0.05) is 97.2 Å². The Morgan fingerprint density at radius 3 is 1.33 bits per heavy atom. The predicted molar refractivity (Wildman–Crippen MR) is 133 cm³/mol. The minimum absolute atomic E-state index is 1.06. The molecule has 1 aliphatic heterocycles. The normalized spacial score (nSPS) is 15.9. The lowest BCUT2D eigenvalue weighted by Gasteiger charge is -2.26. The Bertz CT molecular complexity index is 1070. The Kier molecular flexibility index (Phi) is 4.38. The number of pyridine rings is 2. The Hall–Kier alpha value is -2.83. The molecule has 0 unspecified atom stereocenters. The van der Waals surface area contributed by atoms with Gasteiger partial charge >= 0.3 is 0 Å². The molecule has 5 rings (SSSR count). The summed E-state index contributed by atoms with van der Waals surface area (Å²) in [6.07, 6.45) is 0. The number of benzene rings is 2. The average molecular weight is 423 g/mol. The van der Waals surface area contributed by atoms with Gasteiger partial charge in [0, 0.05) is 10.6 Å². The summed E-state index contributed by atoms with van der Waals surface area (Å²) in [6, 6.07) is 31.0. The van der Waals surface area contributed by atoms with Crippen molar-refractivity contribution in [3.8, 4) is 22.5 Å². The molecule has 0 atom stereocenters. The Balaban J connectivity index is 1.85. The van der Waals surface area contributed by atoms with E-state index in [0.717, 1.165) is 11.4 Å². The summed E-state index contributed by atoms with van der Waals surface area (Å²) in [5.41, 5.74) is 4.52. The molecule has 148 valence electrons. The van der Waals surface area contributed by atoms with E-state index in [1.165, 1.54) is 32.1 Å². The van der Waals surface area contributed by atoms with E-state index in [4.69, 9.17) is 9.97 Å². The van der Waals surface area contributed by atoms with Crippen molar-refractivity contribution in [2.75, 3.05) is 0 Å². The van der Waals surface area contributed by atoms with Gasteiger partial charge in [-0.2, -0.15) is 0 Å². The molecule has 0 saturated carbocycles. The summed E-state index contributed by atoms with van der Waals surface area (Å²) in [4.78, 5) is 10.4. The van der Waals surface area contributed by atoms with Crippen LogP contribution in [0.25, 0.3) is 22.5 Å². The zero-order chi connectivity index (χ0) is 20.9. The van der Waals surface area contributed by atoms with Crippen LogP contribution in [-0.2, 0) is 0 Å². The second-order valence-electron chi connectivity index (χ2n) is 9.23. The minimum Gasteiger partial charge on any atom is -0.257 e. The first kappa shape index (κ1) is 19.2. The number of aromatic nitrogens is 2. The summed E-state index contributed by atoms with van der Waals surface area (Å²) in [5, 5.41) is 5.22. The van der Waals surface area contributed by atoms with E-state index in [9.17, 15) is 0 Å². The maximum atomic E-state index is 5.18. The van der Waals surface area contributed by atoms with E-state index in [0.29, 0.717) is 0 Å². The van der Waals surface area contributed by atoms with Crippen molar-refractivity contribution in [3.63, 3.8) is 0 Å². The fourth-order valence-electron chi connectivity index (χ4n) is 4.32. The molecule has 4 aromatic rings. The van der Waals surface area contributed by atoms with E-state index in [1.54, 1.807) is 0 Å². The van der Waals surface area contributed by atoms with Gasteiger partial charge in [0.25, 0.3) is 0 Å². The fourth-order valence-corrected chi connectivity index (χ4v) is 8.79. The van der Waals surface area contributed by atoms with Crippen molar-refractivity contribution in [2.45, 2.75) is 26.2 Å². The molecule has 1 aliphatic rings. The van der Waals surface area contributed by atoms with Crippen LogP contribution in [0.1, 0.15) is 0 Å². The summed E-state index contributed by atoms with van der Waals surface area (Å²) < 4.78 is 0. The molecule has 0 spiro atoms. The van der Waals surface area contributed by atoms with Gasteiger partial charge in [-0.15, -0.1) is 0 Å². The maximum absolute atomic E-state index is 5.18. The van der Waals surface area contributed by atoms with Crippen LogP contribution >= 0.6 is 0 Å². The highest BCUT2D eigenvalue weighted by Gasteiger charge is 2.31. The second kappa shape index (κ2) is 6.86. The molecule has 8 bridgehead atoms. The maximum Gasteiger partial charge on any atom is 0.135 e. The largest absolute Gasteiger partial charge is 0.257 e. The predicted octanol–water partition coefficient (Wildman–Crippen LogP) is 3.77. The molecule has 0 aliphatic carbocycles. The van der Waals surface area contributed by atoms with Crippen molar-refractivity contribution >= 4 is 37.2 Å². The standard InChI is InChI=1S/C26H26N2Si2/c1-29(2)21-11-5-9-19(17-21)24-14-8-16-26(28-24)30(3,4)22-12-6-10-20(18-22)23-13-7-15-25(29)27-23/h5-18H,1-4H3. The minimum atomic E-state index is -1.94. The van der Waals surface area contributed by atoms with Crippen LogP contribution in [0.4, 0.5) is 0 Å². The van der Waals surface area contributed by atoms with Crippen LogP contribution in [0.5, 0.6) is 0 Å². The van der Waals surface area contributed by atoms with E-state index in [-0.39, 0.29) is 0 Å². The van der Waals surface area contributed by atoms with Crippen molar-refractivity contribution in [3.05, 3.63) is 84.9 Å². The zero-order valence-corrected chi connectivity index (χ0v) is 20.0. The van der Waals surface area contributed by atoms with Crippen molar-refractivity contribution in [2.24, 2.45) is 0 Å². The summed E-state index contributed by atoms with van der Waals surface area (Å²) in [5.74, 6) is 0. The SMILES string of the molecule is C[Si]1(C)c2cccc(c2)-c2cccc(n2)[Si](C)(C)c2cccc(c2)-c2cccc1n2. The van der Waals surface area contributed by atoms with Gasteiger partial charge in [-0.05, 0) is 35.4 Å². The van der Waals surface area contributed by atoms with Crippen molar-refractivity contribution in [1.29, 1.82) is 0 Å². The number of rotatable bonds is 0. The smallest absolute Gasteiger partial charge is 0.135 e. The highest BCUT2D eigenvalue weighted by atomic mass is 28.3. The molecule has 2 aromatic heterocycles. The molecule has 0 amide bonds. The molecule has 0 saturated heterocycles. The Morgan fingerprint density at radius 1 is 0.500 bits per heavy atom. The van der Waals surface area contributed by atoms with Gasteiger partial charge in [0.1, 0.15) is 16.1 Å². The average Bonchev–Trinajstić information content (AvgIpc) is 2.79. The van der Waals surface area contributed by atoms with Gasteiger partial charge in [0.2, 0.25) is 0 Å². The third-order valence-corrected chi connectivity index (χ3v) is 13.2. The molecular formula is C26H26N2Si2. The number of hydrogen-bond acceptors (Lipinski definition) is 2. The molecule has 4 heteroatoms. The van der Waals surface area contributed by atoms with E-state index in [1.807, 2.05) is 0 Å². The van der Waals surface area contributed by atoms with Crippen molar-refractivity contribution in [1.82, 2.24) is 9.97 Å². The van der Waals surface area contributed by atoms with Gasteiger partial charge in [0.05, 0.1) is 11.4 Å². The molecule has 0 N–H and O–H groups in total. The molecule has 0 fully saturated rings. The van der Waals surface area contributed by atoms with Gasteiger partial charge in [0.15, 0.2) is 0 Å². The molecule has 2 nitrogen and oxygen atoms in total. The molecule has 2 aromatic carbocycles. The first-order valence-electron chi connectivity index (χ1n) is 10.5. The van der Waals surface area contributed by atoms with E-state index >= 15 is 0 Å². The van der Waals surface area contributed by atoms with Crippen LogP contribution < -0.4 is 21.0 Å². The first-order valence-corrected chi connectivity index (χ1v) is 16.5. The summed E-state index contributed by atoms with van der Waals surface area (Å²) in [7, 11) is -3.88. The Labute approximate surface area is 180 Å². The molecular weight excluding hydrogens is 396 g/mol. The second-order valence-corrected chi connectivity index (χ2v) is 17.9. The van der Waals surface area contributed by atoms with Crippen LogP contribution in [-0.4, -0.2) is 26.1 Å². The first-order chi connectivity index (χ1) is 14.4. The van der Waals surface area contributed by atoms with Crippen LogP contribution in [0.2, 0.25) is 26.2 Å². The zero-order valence-electron chi connectivity index (χ0n) is 18.0. The lowest BCUT2D eigenvalue weighted by molar-refractivity contribution is 1.35. The van der Waals surface area contributed by atoms with Gasteiger partial charge < -0.3 is 0 Å². The lowest BCUT2D eigenvalue weighted by Crippen LogP contribution is -2.55. The molecule has 30 heavy (non-hydrogen) atoms. The highest BCUT2D eigenvalue weighted by molar-refractivity contribution is 7.00. The van der Waals surface area contributed by atoms with Crippen LogP contribution in [0, 0.1) is 0 Å². The van der Waals surface area contributed by atoms with Crippen LogP contribution in [0.3, 0.4) is 0 Å².